The maximum atomic E-state index is 12.2. The van der Waals surface area contributed by atoms with Gasteiger partial charge in [0.15, 0.2) is 0 Å². The minimum Gasteiger partial charge on any atom is -0.352 e. The number of hydrogen-bond donors (Lipinski definition) is 2. The molecule has 2 rings (SSSR count). The standard InChI is InChI=1S/C15H22N2O3S/c1-2-12-7-8-13(21(16,19)20)10-14(12)15(18)17-9-3-4-11-5-6-11/h7-8,10-11H,2-6,9H2,1H3,(H,17,18)(H2,16,19,20). The SMILES string of the molecule is CCc1ccc(S(N)(=O)=O)cc1C(=O)NCCCC1CC1. The average molecular weight is 310 g/mol. The average Bonchev–Trinajstić information content (AvgIpc) is 3.25. The highest BCUT2D eigenvalue weighted by molar-refractivity contribution is 7.89. The summed E-state index contributed by atoms with van der Waals surface area (Å²) in [6.07, 6.45) is 5.40. The van der Waals surface area contributed by atoms with Gasteiger partial charge in [0.05, 0.1) is 4.90 Å². The van der Waals surface area contributed by atoms with Gasteiger partial charge in [-0.15, -0.1) is 0 Å². The van der Waals surface area contributed by atoms with Gasteiger partial charge in [0.2, 0.25) is 10.0 Å². The number of rotatable bonds is 7. The lowest BCUT2D eigenvalue weighted by molar-refractivity contribution is 0.0951. The highest BCUT2D eigenvalue weighted by Gasteiger charge is 2.20. The van der Waals surface area contributed by atoms with E-state index in [-0.39, 0.29) is 10.8 Å². The zero-order valence-electron chi connectivity index (χ0n) is 12.3. The summed E-state index contributed by atoms with van der Waals surface area (Å²) in [5.74, 6) is 0.618. The zero-order chi connectivity index (χ0) is 15.5. The quantitative estimate of drug-likeness (QED) is 0.753. The first-order chi connectivity index (χ1) is 9.91. The van der Waals surface area contributed by atoms with Crippen molar-refractivity contribution in [2.24, 2.45) is 11.1 Å². The Bertz CT molecular complexity index is 622. The summed E-state index contributed by atoms with van der Waals surface area (Å²) in [5, 5.41) is 7.98. The number of carbonyl (C=O) groups is 1. The van der Waals surface area contributed by atoms with Crippen LogP contribution in [-0.2, 0) is 16.4 Å². The Morgan fingerprint density at radius 3 is 2.67 bits per heavy atom. The highest BCUT2D eigenvalue weighted by Crippen LogP contribution is 2.33. The largest absolute Gasteiger partial charge is 0.352 e. The Hall–Kier alpha value is -1.40. The van der Waals surface area contributed by atoms with Crippen LogP contribution in [0.15, 0.2) is 23.1 Å². The molecule has 0 heterocycles. The fraction of sp³-hybridized carbons (Fsp3) is 0.533. The van der Waals surface area contributed by atoms with E-state index in [2.05, 4.69) is 5.32 Å². The normalized spacial score (nSPS) is 15.0. The Morgan fingerprint density at radius 2 is 2.10 bits per heavy atom. The van der Waals surface area contributed by atoms with Crippen LogP contribution >= 0.6 is 0 Å². The van der Waals surface area contributed by atoms with E-state index >= 15 is 0 Å². The van der Waals surface area contributed by atoms with Crippen molar-refractivity contribution < 1.29 is 13.2 Å². The first-order valence-corrected chi connectivity index (χ1v) is 8.90. The number of carbonyl (C=O) groups excluding carboxylic acids is 1. The number of hydrogen-bond acceptors (Lipinski definition) is 3. The second kappa shape index (κ2) is 6.58. The van der Waals surface area contributed by atoms with Gasteiger partial charge < -0.3 is 5.32 Å². The van der Waals surface area contributed by atoms with E-state index in [4.69, 9.17) is 5.14 Å². The van der Waals surface area contributed by atoms with Gasteiger partial charge >= 0.3 is 0 Å². The molecule has 0 bridgehead atoms. The lowest BCUT2D eigenvalue weighted by Crippen LogP contribution is -2.26. The topological polar surface area (TPSA) is 89.3 Å². The number of nitrogens with two attached hydrogens (primary N) is 1. The molecule has 1 aromatic carbocycles. The second-order valence-electron chi connectivity index (χ2n) is 5.56. The third-order valence-electron chi connectivity index (χ3n) is 3.81. The molecule has 0 saturated heterocycles. The molecule has 0 radical (unpaired) electrons. The number of aryl methyl sites for hydroxylation is 1. The molecule has 0 aliphatic heterocycles. The minimum absolute atomic E-state index is 0.0252. The van der Waals surface area contributed by atoms with E-state index in [9.17, 15) is 13.2 Å². The molecular formula is C15H22N2O3S. The Morgan fingerprint density at radius 1 is 1.38 bits per heavy atom. The van der Waals surface area contributed by atoms with Crippen molar-refractivity contribution in [2.75, 3.05) is 6.54 Å². The van der Waals surface area contributed by atoms with E-state index in [1.165, 1.54) is 25.0 Å². The molecule has 0 spiro atoms. The zero-order valence-corrected chi connectivity index (χ0v) is 13.1. The Balaban J connectivity index is 2.05. The smallest absolute Gasteiger partial charge is 0.251 e. The Kier molecular flexibility index (Phi) is 5.00. The maximum Gasteiger partial charge on any atom is 0.251 e. The summed E-state index contributed by atoms with van der Waals surface area (Å²) in [7, 11) is -3.79. The molecule has 116 valence electrons. The minimum atomic E-state index is -3.79. The highest BCUT2D eigenvalue weighted by atomic mass is 32.2. The van der Waals surface area contributed by atoms with Crippen molar-refractivity contribution in [3.8, 4) is 0 Å². The van der Waals surface area contributed by atoms with Crippen molar-refractivity contribution in [1.82, 2.24) is 5.32 Å². The van der Waals surface area contributed by atoms with Gasteiger partial charge in [0.25, 0.3) is 5.91 Å². The van der Waals surface area contributed by atoms with Gasteiger partial charge in [-0.25, -0.2) is 13.6 Å². The predicted octanol–water partition coefficient (Wildman–Crippen LogP) is 1.82. The molecule has 5 nitrogen and oxygen atoms in total. The molecule has 1 aliphatic carbocycles. The third kappa shape index (κ3) is 4.54. The molecular weight excluding hydrogens is 288 g/mol. The molecule has 6 heteroatoms. The summed E-state index contributed by atoms with van der Waals surface area (Å²) in [5.41, 5.74) is 1.22. The van der Waals surface area contributed by atoms with Gasteiger partial charge in [0.1, 0.15) is 0 Å². The van der Waals surface area contributed by atoms with Crippen molar-refractivity contribution in [3.63, 3.8) is 0 Å². The number of primary sulfonamides is 1. The maximum absolute atomic E-state index is 12.2. The van der Waals surface area contributed by atoms with Crippen molar-refractivity contribution in [1.29, 1.82) is 0 Å². The van der Waals surface area contributed by atoms with Crippen LogP contribution in [0.4, 0.5) is 0 Å². The van der Waals surface area contributed by atoms with Crippen molar-refractivity contribution >= 4 is 15.9 Å². The molecule has 21 heavy (non-hydrogen) atoms. The van der Waals surface area contributed by atoms with Gasteiger partial charge in [-0.2, -0.15) is 0 Å². The molecule has 0 aromatic heterocycles. The summed E-state index contributed by atoms with van der Waals surface area (Å²) in [4.78, 5) is 12.2. The lowest BCUT2D eigenvalue weighted by atomic mass is 10.0. The molecule has 1 aromatic rings. The first kappa shape index (κ1) is 16.0. The van der Waals surface area contributed by atoms with E-state index in [0.717, 1.165) is 24.3 Å². The lowest BCUT2D eigenvalue weighted by Gasteiger charge is -2.10. The number of benzene rings is 1. The van der Waals surface area contributed by atoms with Crippen LogP contribution in [0.2, 0.25) is 0 Å². The number of sulfonamides is 1. The van der Waals surface area contributed by atoms with E-state index in [1.54, 1.807) is 6.07 Å². The van der Waals surface area contributed by atoms with Crippen LogP contribution in [-0.4, -0.2) is 20.9 Å². The summed E-state index contributed by atoms with van der Waals surface area (Å²) >= 11 is 0. The summed E-state index contributed by atoms with van der Waals surface area (Å²) in [6, 6.07) is 4.46. The molecule has 3 N–H and O–H groups in total. The van der Waals surface area contributed by atoms with Gasteiger partial charge in [0, 0.05) is 12.1 Å². The number of nitrogens with one attached hydrogen (secondary N) is 1. The van der Waals surface area contributed by atoms with E-state index in [0.29, 0.717) is 18.5 Å². The van der Waals surface area contributed by atoms with Crippen LogP contribution in [0.25, 0.3) is 0 Å². The van der Waals surface area contributed by atoms with E-state index < -0.39 is 10.0 Å². The van der Waals surface area contributed by atoms with Gasteiger partial charge in [-0.1, -0.05) is 25.8 Å². The van der Waals surface area contributed by atoms with E-state index in [1.807, 2.05) is 6.92 Å². The van der Waals surface area contributed by atoms with Crippen molar-refractivity contribution in [3.05, 3.63) is 29.3 Å². The fourth-order valence-electron chi connectivity index (χ4n) is 2.35. The fourth-order valence-corrected chi connectivity index (χ4v) is 2.89. The van der Waals surface area contributed by atoms with Crippen LogP contribution in [0.5, 0.6) is 0 Å². The van der Waals surface area contributed by atoms with Gasteiger partial charge in [-0.3, -0.25) is 4.79 Å². The molecule has 1 aliphatic rings. The Labute approximate surface area is 126 Å². The summed E-state index contributed by atoms with van der Waals surface area (Å²) in [6.45, 7) is 2.55. The van der Waals surface area contributed by atoms with Crippen LogP contribution in [0.3, 0.4) is 0 Å². The predicted molar refractivity (Wildman–Crippen MR) is 81.5 cm³/mol. The monoisotopic (exact) mass is 310 g/mol. The van der Waals surface area contributed by atoms with Crippen molar-refractivity contribution in [2.45, 2.75) is 43.9 Å². The molecule has 1 amide bonds. The second-order valence-corrected chi connectivity index (χ2v) is 7.12. The van der Waals surface area contributed by atoms with Gasteiger partial charge in [-0.05, 0) is 42.9 Å². The van der Waals surface area contributed by atoms with Crippen LogP contribution < -0.4 is 10.5 Å². The molecule has 0 atom stereocenters. The molecule has 1 saturated carbocycles. The molecule has 0 unspecified atom stereocenters. The molecule has 1 fully saturated rings. The summed E-state index contributed by atoms with van der Waals surface area (Å²) < 4.78 is 22.8. The number of amides is 1. The van der Waals surface area contributed by atoms with Crippen LogP contribution in [0.1, 0.15) is 48.5 Å². The first-order valence-electron chi connectivity index (χ1n) is 7.35. The van der Waals surface area contributed by atoms with Crippen LogP contribution in [0, 0.1) is 5.92 Å². The third-order valence-corrected chi connectivity index (χ3v) is 4.72.